The minimum absolute atomic E-state index is 0.238. The lowest BCUT2D eigenvalue weighted by Crippen LogP contribution is -2.44. The molecule has 0 unspecified atom stereocenters. The lowest BCUT2D eigenvalue weighted by Gasteiger charge is -2.35. The van der Waals surface area contributed by atoms with Gasteiger partial charge in [-0.2, -0.15) is 4.98 Å². The van der Waals surface area contributed by atoms with E-state index in [0.29, 0.717) is 29.7 Å². The van der Waals surface area contributed by atoms with Gasteiger partial charge in [-0.05, 0) is 43.5 Å². The Morgan fingerprint density at radius 1 is 1.08 bits per heavy atom. The number of rotatable bonds is 7. The molecule has 3 amide bonds. The van der Waals surface area contributed by atoms with E-state index in [1.165, 1.54) is 11.0 Å². The van der Waals surface area contributed by atoms with Gasteiger partial charge in [0.25, 0.3) is 0 Å². The van der Waals surface area contributed by atoms with Gasteiger partial charge in [0.15, 0.2) is 5.82 Å². The number of aromatic nitrogens is 2. The van der Waals surface area contributed by atoms with Crippen molar-refractivity contribution in [2.45, 2.75) is 6.54 Å². The van der Waals surface area contributed by atoms with Crippen LogP contribution in [0.3, 0.4) is 0 Å². The van der Waals surface area contributed by atoms with Crippen molar-refractivity contribution in [3.8, 4) is 5.75 Å². The van der Waals surface area contributed by atoms with Crippen LogP contribution in [0.4, 0.5) is 39.3 Å². The van der Waals surface area contributed by atoms with Crippen molar-refractivity contribution < 1.29 is 14.3 Å². The molecule has 3 heterocycles. The standard InChI is InChI=1S/C28H32N8O3/c1-5-25(37)30-20-7-6-8-22(15-20)36-26-19(18-34(3)28(36)38)17-29-27(32-26)31-21-9-10-23(24(16-21)39-4)35-13-11-33(2)12-14-35/h5-10,15-17H,1,11-14,18H2,2-4H3,(H,30,37)(H,29,31,32). The van der Waals surface area contributed by atoms with E-state index >= 15 is 0 Å². The van der Waals surface area contributed by atoms with Crippen LogP contribution in [0.2, 0.25) is 0 Å². The molecule has 0 radical (unpaired) electrons. The Labute approximate surface area is 227 Å². The summed E-state index contributed by atoms with van der Waals surface area (Å²) in [5.74, 6) is 1.25. The van der Waals surface area contributed by atoms with E-state index in [1.807, 2.05) is 18.2 Å². The third-order valence-electron chi connectivity index (χ3n) is 6.82. The molecule has 2 aliphatic heterocycles. The maximum atomic E-state index is 13.3. The van der Waals surface area contributed by atoms with Gasteiger partial charge in [-0.3, -0.25) is 4.79 Å². The molecule has 2 aromatic carbocycles. The lowest BCUT2D eigenvalue weighted by atomic mass is 10.2. The van der Waals surface area contributed by atoms with Gasteiger partial charge >= 0.3 is 6.03 Å². The first-order chi connectivity index (χ1) is 18.9. The Hall–Kier alpha value is -4.64. The molecule has 2 N–H and O–H groups in total. The summed E-state index contributed by atoms with van der Waals surface area (Å²) in [5, 5.41) is 6.00. The number of piperazine rings is 1. The van der Waals surface area contributed by atoms with Crippen LogP contribution >= 0.6 is 0 Å². The largest absolute Gasteiger partial charge is 0.495 e. The predicted octanol–water partition coefficient (Wildman–Crippen LogP) is 3.81. The third kappa shape index (κ3) is 5.48. The van der Waals surface area contributed by atoms with Gasteiger partial charge < -0.3 is 30.1 Å². The zero-order valence-electron chi connectivity index (χ0n) is 22.3. The molecule has 1 saturated heterocycles. The SMILES string of the molecule is C=CC(=O)Nc1cccc(N2C(=O)N(C)Cc3cnc(Nc4ccc(N5CCN(C)CC5)c(OC)c4)nc32)c1. The predicted molar refractivity (Wildman–Crippen MR) is 152 cm³/mol. The molecule has 0 aliphatic carbocycles. The zero-order chi connectivity index (χ0) is 27.5. The van der Waals surface area contributed by atoms with Gasteiger partial charge in [-0.15, -0.1) is 0 Å². The number of ether oxygens (including phenoxy) is 1. The highest BCUT2D eigenvalue weighted by Gasteiger charge is 2.31. The zero-order valence-corrected chi connectivity index (χ0v) is 22.3. The minimum atomic E-state index is -0.336. The Bertz CT molecular complexity index is 1400. The average molecular weight is 529 g/mol. The number of amides is 3. The Kier molecular flexibility index (Phi) is 7.33. The van der Waals surface area contributed by atoms with Gasteiger partial charge in [0.05, 0.1) is 25.0 Å². The Morgan fingerprint density at radius 3 is 2.62 bits per heavy atom. The van der Waals surface area contributed by atoms with Gasteiger partial charge in [0.1, 0.15) is 5.75 Å². The molecule has 0 saturated carbocycles. The molecule has 202 valence electrons. The van der Waals surface area contributed by atoms with Crippen LogP contribution in [0.1, 0.15) is 5.56 Å². The molecule has 1 aromatic heterocycles. The molecular weight excluding hydrogens is 496 g/mol. The number of carbonyl (C=O) groups is 2. The van der Waals surface area contributed by atoms with Crippen molar-refractivity contribution >= 4 is 46.5 Å². The van der Waals surface area contributed by atoms with E-state index in [1.54, 1.807) is 49.5 Å². The second kappa shape index (κ2) is 11.0. The fraction of sp³-hybridized carbons (Fsp3) is 0.286. The molecule has 11 nitrogen and oxygen atoms in total. The maximum absolute atomic E-state index is 13.3. The molecule has 39 heavy (non-hydrogen) atoms. The van der Waals surface area contributed by atoms with Crippen LogP contribution in [0.15, 0.2) is 61.3 Å². The summed E-state index contributed by atoms with van der Waals surface area (Å²) < 4.78 is 5.71. The van der Waals surface area contributed by atoms with Crippen molar-refractivity contribution in [1.82, 2.24) is 19.8 Å². The summed E-state index contributed by atoms with van der Waals surface area (Å²) in [4.78, 5) is 42.1. The summed E-state index contributed by atoms with van der Waals surface area (Å²) in [7, 11) is 5.52. The summed E-state index contributed by atoms with van der Waals surface area (Å²) in [6.07, 6.45) is 2.92. The van der Waals surface area contributed by atoms with Crippen molar-refractivity contribution in [1.29, 1.82) is 0 Å². The first-order valence-corrected chi connectivity index (χ1v) is 12.7. The maximum Gasteiger partial charge on any atom is 0.330 e. The molecule has 1 fully saturated rings. The van der Waals surface area contributed by atoms with Gasteiger partial charge in [-0.1, -0.05) is 12.6 Å². The molecule has 0 atom stereocenters. The van der Waals surface area contributed by atoms with Crippen LogP contribution < -0.4 is 25.2 Å². The van der Waals surface area contributed by atoms with Crippen LogP contribution in [0.5, 0.6) is 5.75 Å². The van der Waals surface area contributed by atoms with E-state index in [4.69, 9.17) is 9.72 Å². The smallest absolute Gasteiger partial charge is 0.330 e. The highest BCUT2D eigenvalue weighted by atomic mass is 16.5. The third-order valence-corrected chi connectivity index (χ3v) is 6.82. The number of likely N-dealkylation sites (N-methyl/N-ethyl adjacent to an activating group) is 1. The number of carbonyl (C=O) groups excluding carboxylic acids is 2. The molecule has 2 aliphatic rings. The van der Waals surface area contributed by atoms with Crippen LogP contribution in [-0.4, -0.2) is 79.1 Å². The number of fused-ring (bicyclic) bond motifs is 1. The van der Waals surface area contributed by atoms with E-state index in [2.05, 4.69) is 39.0 Å². The van der Waals surface area contributed by atoms with Gasteiger partial charge in [0.2, 0.25) is 11.9 Å². The summed E-state index contributed by atoms with van der Waals surface area (Å²) in [5.41, 5.74) is 3.72. The van der Waals surface area contributed by atoms with E-state index in [0.717, 1.165) is 48.9 Å². The normalized spacial score (nSPS) is 15.6. The first kappa shape index (κ1) is 26.0. The first-order valence-electron chi connectivity index (χ1n) is 12.7. The van der Waals surface area contributed by atoms with E-state index < -0.39 is 0 Å². The average Bonchev–Trinajstić information content (AvgIpc) is 2.94. The van der Waals surface area contributed by atoms with Crippen molar-refractivity contribution in [3.63, 3.8) is 0 Å². The Morgan fingerprint density at radius 2 is 1.87 bits per heavy atom. The van der Waals surface area contributed by atoms with Crippen LogP contribution in [-0.2, 0) is 11.3 Å². The number of urea groups is 1. The summed E-state index contributed by atoms with van der Waals surface area (Å²) >= 11 is 0. The molecule has 11 heteroatoms. The summed E-state index contributed by atoms with van der Waals surface area (Å²) in [6.45, 7) is 7.74. The number of nitrogens with one attached hydrogen (secondary N) is 2. The highest BCUT2D eigenvalue weighted by molar-refractivity contribution is 6.03. The minimum Gasteiger partial charge on any atom is -0.495 e. The monoisotopic (exact) mass is 528 g/mol. The van der Waals surface area contributed by atoms with Gasteiger partial charge in [0, 0.05) is 62.4 Å². The van der Waals surface area contributed by atoms with E-state index in [9.17, 15) is 9.59 Å². The molecule has 0 spiro atoms. The highest BCUT2D eigenvalue weighted by Crippen LogP contribution is 2.36. The second-order valence-corrected chi connectivity index (χ2v) is 9.56. The Balaban J connectivity index is 1.43. The fourth-order valence-electron chi connectivity index (χ4n) is 4.69. The number of methoxy groups -OCH3 is 1. The van der Waals surface area contributed by atoms with Gasteiger partial charge in [-0.25, -0.2) is 14.7 Å². The quantitative estimate of drug-likeness (QED) is 0.446. The van der Waals surface area contributed by atoms with Crippen LogP contribution in [0, 0.1) is 0 Å². The van der Waals surface area contributed by atoms with Crippen molar-refractivity contribution in [2.75, 3.05) is 67.8 Å². The van der Waals surface area contributed by atoms with Crippen LogP contribution in [0.25, 0.3) is 0 Å². The summed E-state index contributed by atoms with van der Waals surface area (Å²) in [6, 6.07) is 12.7. The number of anilines is 6. The number of hydrogen-bond donors (Lipinski definition) is 2. The topological polar surface area (TPSA) is 106 Å². The molecule has 5 rings (SSSR count). The van der Waals surface area contributed by atoms with E-state index in [-0.39, 0.29) is 11.9 Å². The van der Waals surface area contributed by atoms with Crippen molar-refractivity contribution in [3.05, 3.63) is 66.9 Å². The molecular formula is C28H32N8O3. The fourth-order valence-corrected chi connectivity index (χ4v) is 4.69. The molecule has 0 bridgehead atoms. The lowest BCUT2D eigenvalue weighted by molar-refractivity contribution is -0.111. The molecule has 3 aromatic rings. The number of nitrogens with zero attached hydrogens (tertiary/aromatic N) is 6. The second-order valence-electron chi connectivity index (χ2n) is 9.56. The van der Waals surface area contributed by atoms with Crippen molar-refractivity contribution in [2.24, 2.45) is 0 Å². The number of benzene rings is 2. The number of hydrogen-bond acceptors (Lipinski definition) is 8.